The van der Waals surface area contributed by atoms with Crippen molar-refractivity contribution in [2.75, 3.05) is 0 Å². The van der Waals surface area contributed by atoms with Crippen LogP contribution >= 0.6 is 0 Å². The maximum absolute atomic E-state index is 2.54. The van der Waals surface area contributed by atoms with Gasteiger partial charge >= 0.3 is 0 Å². The quantitative estimate of drug-likeness (QED) is 0.139. The van der Waals surface area contributed by atoms with Gasteiger partial charge in [-0.2, -0.15) is 0 Å². The van der Waals surface area contributed by atoms with Gasteiger partial charge < -0.3 is 0 Å². The number of hydrogen-bond acceptors (Lipinski definition) is 0. The Labute approximate surface area is 189 Å². The summed E-state index contributed by atoms with van der Waals surface area (Å²) < 4.78 is 5.03. The van der Waals surface area contributed by atoms with Crippen molar-refractivity contribution in [3.05, 3.63) is 18.2 Å². The molecule has 0 amide bonds. The third-order valence-corrected chi connectivity index (χ3v) is 6.60. The average Bonchev–Trinajstić information content (AvgIpc) is 3.14. The second-order valence-electron chi connectivity index (χ2n) is 9.82. The summed E-state index contributed by atoms with van der Waals surface area (Å²) in [5, 5.41) is 0. The summed E-state index contributed by atoms with van der Waals surface area (Å²) in [6, 6.07) is 0.573. The molecule has 0 bridgehead atoms. The first-order chi connectivity index (χ1) is 14.7. The maximum atomic E-state index is 2.54. The second-order valence-corrected chi connectivity index (χ2v) is 9.82. The molecule has 0 aliphatic rings. The summed E-state index contributed by atoms with van der Waals surface area (Å²) in [5.41, 5.74) is 0. The highest BCUT2D eigenvalue weighted by Crippen LogP contribution is 2.14. The highest BCUT2D eigenvalue weighted by molar-refractivity contribution is 4.86. The number of nitrogens with zero attached hydrogens (tertiary/aromatic N) is 2. The number of imidazole rings is 1. The lowest BCUT2D eigenvalue weighted by Crippen LogP contribution is -2.37. The molecule has 1 rings (SSSR count). The minimum Gasteiger partial charge on any atom is -0.234 e. The third kappa shape index (κ3) is 12.8. The van der Waals surface area contributed by atoms with Crippen LogP contribution in [0.4, 0.5) is 0 Å². The Morgan fingerprint density at radius 2 is 1.07 bits per heavy atom. The summed E-state index contributed by atoms with van der Waals surface area (Å²) in [6.07, 6.45) is 31.4. The topological polar surface area (TPSA) is 8.81 Å². The fourth-order valence-corrected chi connectivity index (χ4v) is 4.61. The zero-order valence-corrected chi connectivity index (χ0v) is 21.3. The van der Waals surface area contributed by atoms with Gasteiger partial charge in [-0.25, -0.2) is 9.13 Å². The van der Waals surface area contributed by atoms with E-state index in [9.17, 15) is 0 Å². The van der Waals surface area contributed by atoms with Gasteiger partial charge in [0.15, 0.2) is 0 Å². The number of aromatic nitrogens is 2. The van der Waals surface area contributed by atoms with Crippen LogP contribution in [0.5, 0.6) is 0 Å². The van der Waals surface area contributed by atoms with E-state index < -0.39 is 0 Å². The molecule has 1 aromatic heterocycles. The Kier molecular flexibility index (Phi) is 17.2. The largest absolute Gasteiger partial charge is 0.256 e. The van der Waals surface area contributed by atoms with Crippen LogP contribution in [0.1, 0.15) is 155 Å². The molecule has 0 unspecified atom stereocenters. The van der Waals surface area contributed by atoms with Gasteiger partial charge in [-0.3, -0.25) is 0 Å². The lowest BCUT2D eigenvalue weighted by atomic mass is 10.0. The summed E-state index contributed by atoms with van der Waals surface area (Å²) in [6.45, 7) is 10.4. The molecule has 0 fully saturated rings. The molecule has 30 heavy (non-hydrogen) atoms. The van der Waals surface area contributed by atoms with E-state index >= 15 is 0 Å². The van der Waals surface area contributed by atoms with Crippen molar-refractivity contribution in [1.29, 1.82) is 0 Å². The van der Waals surface area contributed by atoms with E-state index in [4.69, 9.17) is 0 Å². The first-order valence-electron chi connectivity index (χ1n) is 13.8. The van der Waals surface area contributed by atoms with Gasteiger partial charge in [0.1, 0.15) is 12.4 Å². The molecule has 0 aromatic carbocycles. The molecule has 0 saturated heterocycles. The lowest BCUT2D eigenvalue weighted by Gasteiger charge is -2.08. The van der Waals surface area contributed by atoms with Gasteiger partial charge in [0.25, 0.3) is 5.82 Å². The molecule has 0 spiro atoms. The highest BCUT2D eigenvalue weighted by atomic mass is 15.2. The number of rotatable bonds is 21. The van der Waals surface area contributed by atoms with Crippen LogP contribution in [0, 0.1) is 0 Å². The summed E-state index contributed by atoms with van der Waals surface area (Å²) in [5.74, 6) is 1.55. The SMILES string of the molecule is CCCCCCCCCCCCCCCCC[n+]1ccn(C(C)C)c1CCCCC. The third-order valence-electron chi connectivity index (χ3n) is 6.60. The molecule has 176 valence electrons. The van der Waals surface area contributed by atoms with Crippen LogP contribution in [-0.2, 0) is 13.0 Å². The van der Waals surface area contributed by atoms with Crippen LogP contribution in [0.15, 0.2) is 12.4 Å². The minimum atomic E-state index is 0.573. The van der Waals surface area contributed by atoms with Crippen LogP contribution in [0.25, 0.3) is 0 Å². The number of aryl methyl sites for hydroxylation is 1. The van der Waals surface area contributed by atoms with Gasteiger partial charge in [0.2, 0.25) is 0 Å². The van der Waals surface area contributed by atoms with Crippen molar-refractivity contribution < 1.29 is 4.57 Å². The maximum Gasteiger partial charge on any atom is 0.256 e. The lowest BCUT2D eigenvalue weighted by molar-refractivity contribution is -0.704. The number of unbranched alkanes of at least 4 members (excludes halogenated alkanes) is 16. The Bertz CT molecular complexity index is 489. The predicted molar refractivity (Wildman–Crippen MR) is 133 cm³/mol. The van der Waals surface area contributed by atoms with Crippen molar-refractivity contribution in [2.45, 2.75) is 162 Å². The van der Waals surface area contributed by atoms with Crippen LogP contribution < -0.4 is 4.57 Å². The summed E-state index contributed by atoms with van der Waals surface area (Å²) in [7, 11) is 0. The van der Waals surface area contributed by atoms with Crippen molar-refractivity contribution in [1.82, 2.24) is 4.57 Å². The van der Waals surface area contributed by atoms with E-state index in [1.54, 1.807) is 5.82 Å². The summed E-state index contributed by atoms with van der Waals surface area (Å²) in [4.78, 5) is 0. The van der Waals surface area contributed by atoms with E-state index in [1.807, 2.05) is 0 Å². The van der Waals surface area contributed by atoms with Crippen LogP contribution in [-0.4, -0.2) is 4.57 Å². The molecular formula is C28H55N2+. The van der Waals surface area contributed by atoms with Crippen molar-refractivity contribution in [3.8, 4) is 0 Å². The van der Waals surface area contributed by atoms with E-state index in [2.05, 4.69) is 49.2 Å². The minimum absolute atomic E-state index is 0.573. The molecule has 0 aliphatic heterocycles. The second kappa shape index (κ2) is 18.9. The number of hydrogen-bond donors (Lipinski definition) is 0. The van der Waals surface area contributed by atoms with Crippen LogP contribution in [0.2, 0.25) is 0 Å². The Morgan fingerprint density at radius 1 is 0.633 bits per heavy atom. The summed E-state index contributed by atoms with van der Waals surface area (Å²) >= 11 is 0. The molecule has 0 atom stereocenters. The van der Waals surface area contributed by atoms with Gasteiger partial charge in [-0.15, -0.1) is 0 Å². The van der Waals surface area contributed by atoms with Crippen molar-refractivity contribution in [2.24, 2.45) is 0 Å². The average molecular weight is 420 g/mol. The molecular weight excluding hydrogens is 364 g/mol. The van der Waals surface area contributed by atoms with E-state index in [0.29, 0.717) is 6.04 Å². The fraction of sp³-hybridized carbons (Fsp3) is 0.893. The zero-order chi connectivity index (χ0) is 21.9. The Morgan fingerprint density at radius 3 is 1.53 bits per heavy atom. The van der Waals surface area contributed by atoms with Crippen LogP contribution in [0.3, 0.4) is 0 Å². The van der Waals surface area contributed by atoms with Gasteiger partial charge in [0, 0.05) is 6.42 Å². The first kappa shape index (κ1) is 27.2. The molecule has 0 radical (unpaired) electrons. The molecule has 1 heterocycles. The van der Waals surface area contributed by atoms with Crippen molar-refractivity contribution in [3.63, 3.8) is 0 Å². The molecule has 2 heteroatoms. The monoisotopic (exact) mass is 419 g/mol. The molecule has 0 N–H and O–H groups in total. The smallest absolute Gasteiger partial charge is 0.234 e. The van der Waals surface area contributed by atoms with E-state index in [1.165, 1.54) is 129 Å². The normalized spacial score (nSPS) is 11.6. The molecule has 0 saturated carbocycles. The van der Waals surface area contributed by atoms with Gasteiger partial charge in [-0.05, 0) is 33.1 Å². The Hall–Kier alpha value is -0.790. The predicted octanol–water partition coefficient (Wildman–Crippen LogP) is 8.96. The van der Waals surface area contributed by atoms with Gasteiger partial charge in [-0.1, -0.05) is 110 Å². The molecule has 2 nitrogen and oxygen atoms in total. The zero-order valence-electron chi connectivity index (χ0n) is 21.3. The van der Waals surface area contributed by atoms with E-state index in [-0.39, 0.29) is 0 Å². The molecule has 1 aromatic rings. The van der Waals surface area contributed by atoms with E-state index in [0.717, 1.165) is 0 Å². The fourth-order valence-electron chi connectivity index (χ4n) is 4.61. The first-order valence-corrected chi connectivity index (χ1v) is 13.8. The highest BCUT2D eigenvalue weighted by Gasteiger charge is 2.18. The Balaban J connectivity index is 2.02. The van der Waals surface area contributed by atoms with Gasteiger partial charge in [0.05, 0.1) is 12.6 Å². The van der Waals surface area contributed by atoms with Crippen molar-refractivity contribution >= 4 is 0 Å². The molecule has 0 aliphatic carbocycles. The standard InChI is InChI=1S/C28H55N2/c1-5-7-9-10-11-12-13-14-15-16-17-18-19-20-22-24-29-25-26-30(27(3)4)28(29)23-21-8-6-2/h25-27H,5-24H2,1-4H3/q+1.